The molecule has 1 heterocycles. The van der Waals surface area contributed by atoms with Gasteiger partial charge in [-0.15, -0.1) is 0 Å². The van der Waals surface area contributed by atoms with Crippen molar-refractivity contribution < 1.29 is 19.0 Å². The topological polar surface area (TPSA) is 48.0 Å². The lowest BCUT2D eigenvalue weighted by atomic mass is 9.86. The number of unbranched alkanes of at least 4 members (excludes halogenated alkanes) is 1. The molecule has 1 aliphatic rings. The summed E-state index contributed by atoms with van der Waals surface area (Å²) in [5, 5.41) is 0. The number of benzene rings is 2. The van der Waals surface area contributed by atoms with Crippen molar-refractivity contribution in [3.8, 4) is 17.2 Å². The molecule has 0 aromatic heterocycles. The van der Waals surface area contributed by atoms with Gasteiger partial charge in [0.1, 0.15) is 5.75 Å². The molecule has 0 spiro atoms. The Balaban J connectivity index is 2.08. The standard InChI is InChI=1S/C26H35NO4/c1-6-8-9-18(7-2)26(28)27-15-14-20-16-23(30-4)24(31-5)17-22(20)25(27)19-10-12-21(29-3)13-11-19/h10-13,16-18,25H,6-9,14-15H2,1-5H3/t18-,25+/m0/s1. The largest absolute Gasteiger partial charge is 0.497 e. The van der Waals surface area contributed by atoms with Crippen LogP contribution in [0.5, 0.6) is 17.2 Å². The second-order valence-electron chi connectivity index (χ2n) is 8.11. The minimum Gasteiger partial charge on any atom is -0.497 e. The van der Waals surface area contributed by atoms with Crippen LogP contribution >= 0.6 is 0 Å². The third-order valence-corrected chi connectivity index (χ3v) is 6.34. The molecule has 0 N–H and O–H groups in total. The number of hydrogen-bond acceptors (Lipinski definition) is 4. The minimum atomic E-state index is -0.155. The maximum absolute atomic E-state index is 13.7. The van der Waals surface area contributed by atoms with Gasteiger partial charge in [-0.2, -0.15) is 0 Å². The number of hydrogen-bond donors (Lipinski definition) is 0. The highest BCUT2D eigenvalue weighted by atomic mass is 16.5. The number of carbonyl (C=O) groups is 1. The van der Waals surface area contributed by atoms with Gasteiger partial charge in [0.2, 0.25) is 5.91 Å². The summed E-state index contributed by atoms with van der Waals surface area (Å²) < 4.78 is 16.5. The molecule has 3 rings (SSSR count). The third-order valence-electron chi connectivity index (χ3n) is 6.34. The molecule has 0 saturated heterocycles. The van der Waals surface area contributed by atoms with Crippen molar-refractivity contribution in [3.63, 3.8) is 0 Å². The maximum atomic E-state index is 13.7. The molecule has 1 amide bonds. The lowest BCUT2D eigenvalue weighted by molar-refractivity contribution is -0.138. The van der Waals surface area contributed by atoms with E-state index < -0.39 is 0 Å². The van der Waals surface area contributed by atoms with Crippen molar-refractivity contribution in [1.82, 2.24) is 4.90 Å². The van der Waals surface area contributed by atoms with Crippen LogP contribution in [0, 0.1) is 5.92 Å². The second kappa shape index (κ2) is 10.6. The summed E-state index contributed by atoms with van der Waals surface area (Å²) in [5.41, 5.74) is 3.38. The number of ether oxygens (including phenoxy) is 3. The monoisotopic (exact) mass is 425 g/mol. The SMILES string of the molecule is CCCC[C@H](CC)C(=O)N1CCc2cc(OC)c(OC)cc2[C@H]1c1ccc(OC)cc1. The van der Waals surface area contributed by atoms with Crippen LogP contribution in [0.3, 0.4) is 0 Å². The van der Waals surface area contributed by atoms with E-state index in [4.69, 9.17) is 14.2 Å². The lowest BCUT2D eigenvalue weighted by Gasteiger charge is -2.40. The van der Waals surface area contributed by atoms with E-state index in [-0.39, 0.29) is 17.9 Å². The molecule has 2 atom stereocenters. The minimum absolute atomic E-state index is 0.0578. The molecule has 0 bridgehead atoms. The molecule has 0 fully saturated rings. The van der Waals surface area contributed by atoms with Gasteiger partial charge in [0, 0.05) is 12.5 Å². The van der Waals surface area contributed by atoms with Crippen LogP contribution in [0.1, 0.15) is 62.3 Å². The molecule has 0 saturated carbocycles. The summed E-state index contributed by atoms with van der Waals surface area (Å²) in [6.45, 7) is 4.99. The Morgan fingerprint density at radius 3 is 2.29 bits per heavy atom. The first-order chi connectivity index (χ1) is 15.1. The molecular formula is C26H35NO4. The molecule has 1 aliphatic heterocycles. The van der Waals surface area contributed by atoms with Crippen molar-refractivity contribution >= 4 is 5.91 Å². The Kier molecular flexibility index (Phi) is 7.83. The van der Waals surface area contributed by atoms with Crippen molar-refractivity contribution in [2.24, 2.45) is 5.92 Å². The van der Waals surface area contributed by atoms with Gasteiger partial charge in [0.05, 0.1) is 27.4 Å². The zero-order chi connectivity index (χ0) is 22.4. The summed E-state index contributed by atoms with van der Waals surface area (Å²) in [4.78, 5) is 15.7. The second-order valence-corrected chi connectivity index (χ2v) is 8.11. The highest BCUT2D eigenvalue weighted by Crippen LogP contribution is 2.42. The summed E-state index contributed by atoms with van der Waals surface area (Å²) in [7, 11) is 4.97. The number of carbonyl (C=O) groups excluding carboxylic acids is 1. The molecule has 0 aliphatic carbocycles. The van der Waals surface area contributed by atoms with E-state index >= 15 is 0 Å². The molecule has 5 nitrogen and oxygen atoms in total. The van der Waals surface area contributed by atoms with E-state index in [1.165, 1.54) is 5.56 Å². The van der Waals surface area contributed by atoms with Crippen LogP contribution in [-0.4, -0.2) is 38.7 Å². The van der Waals surface area contributed by atoms with Gasteiger partial charge in [-0.1, -0.05) is 38.8 Å². The molecule has 168 valence electrons. The van der Waals surface area contributed by atoms with E-state index in [0.717, 1.165) is 54.7 Å². The van der Waals surface area contributed by atoms with Gasteiger partial charge < -0.3 is 19.1 Å². The predicted molar refractivity (Wildman–Crippen MR) is 123 cm³/mol. The van der Waals surface area contributed by atoms with Gasteiger partial charge in [-0.25, -0.2) is 0 Å². The first-order valence-electron chi connectivity index (χ1n) is 11.3. The summed E-state index contributed by atoms with van der Waals surface area (Å²) >= 11 is 0. The zero-order valence-electron chi connectivity index (χ0n) is 19.4. The quantitative estimate of drug-likeness (QED) is 0.539. The Morgan fingerprint density at radius 1 is 1.03 bits per heavy atom. The fourth-order valence-corrected chi connectivity index (χ4v) is 4.52. The lowest BCUT2D eigenvalue weighted by Crippen LogP contribution is -2.43. The average Bonchev–Trinajstić information content (AvgIpc) is 2.82. The maximum Gasteiger partial charge on any atom is 0.226 e. The third kappa shape index (κ3) is 4.81. The van der Waals surface area contributed by atoms with Crippen LogP contribution < -0.4 is 14.2 Å². The number of methoxy groups -OCH3 is 3. The molecular weight excluding hydrogens is 390 g/mol. The smallest absolute Gasteiger partial charge is 0.226 e. The summed E-state index contributed by atoms with van der Waals surface area (Å²) in [6, 6.07) is 12.0. The molecule has 2 aromatic rings. The number of nitrogens with zero attached hydrogens (tertiary/aromatic N) is 1. The fraction of sp³-hybridized carbons (Fsp3) is 0.500. The normalized spacial score (nSPS) is 16.4. The predicted octanol–water partition coefficient (Wildman–Crippen LogP) is 5.40. The molecule has 0 unspecified atom stereocenters. The van der Waals surface area contributed by atoms with Crippen molar-refractivity contribution in [1.29, 1.82) is 0 Å². The summed E-state index contributed by atoms with van der Waals surface area (Å²) in [5.74, 6) is 2.52. The first kappa shape index (κ1) is 23.0. The van der Waals surface area contributed by atoms with Crippen LogP contribution in [-0.2, 0) is 11.2 Å². The van der Waals surface area contributed by atoms with Crippen LogP contribution in [0.25, 0.3) is 0 Å². The van der Waals surface area contributed by atoms with E-state index in [0.29, 0.717) is 12.3 Å². The number of rotatable bonds is 9. The van der Waals surface area contributed by atoms with Crippen LogP contribution in [0.4, 0.5) is 0 Å². The van der Waals surface area contributed by atoms with E-state index in [1.807, 2.05) is 18.2 Å². The van der Waals surface area contributed by atoms with E-state index in [9.17, 15) is 4.79 Å². The van der Waals surface area contributed by atoms with Crippen molar-refractivity contribution in [2.75, 3.05) is 27.9 Å². The van der Waals surface area contributed by atoms with Crippen molar-refractivity contribution in [2.45, 2.75) is 52.0 Å². The van der Waals surface area contributed by atoms with Gasteiger partial charge in [-0.3, -0.25) is 4.79 Å². The van der Waals surface area contributed by atoms with E-state index in [2.05, 4.69) is 36.9 Å². The molecule has 31 heavy (non-hydrogen) atoms. The Morgan fingerprint density at radius 2 is 1.71 bits per heavy atom. The molecule has 5 heteroatoms. The van der Waals surface area contributed by atoms with Gasteiger partial charge >= 0.3 is 0 Å². The molecule has 0 radical (unpaired) electrons. The zero-order valence-corrected chi connectivity index (χ0v) is 19.4. The van der Waals surface area contributed by atoms with Crippen molar-refractivity contribution in [3.05, 3.63) is 53.1 Å². The highest BCUT2D eigenvalue weighted by Gasteiger charge is 2.35. The highest BCUT2D eigenvalue weighted by molar-refractivity contribution is 5.80. The van der Waals surface area contributed by atoms with Crippen LogP contribution in [0.15, 0.2) is 36.4 Å². The Hall–Kier alpha value is -2.69. The van der Waals surface area contributed by atoms with Gasteiger partial charge in [0.25, 0.3) is 0 Å². The Bertz CT molecular complexity index is 878. The number of fused-ring (bicyclic) bond motifs is 1. The summed E-state index contributed by atoms with van der Waals surface area (Å²) in [6.07, 6.45) is 4.79. The van der Waals surface area contributed by atoms with E-state index in [1.54, 1.807) is 21.3 Å². The van der Waals surface area contributed by atoms with Crippen LogP contribution in [0.2, 0.25) is 0 Å². The van der Waals surface area contributed by atoms with Gasteiger partial charge in [0.15, 0.2) is 11.5 Å². The first-order valence-corrected chi connectivity index (χ1v) is 11.3. The fourth-order valence-electron chi connectivity index (χ4n) is 4.52. The van der Waals surface area contributed by atoms with Gasteiger partial charge in [-0.05, 0) is 60.2 Å². The Labute approximate surface area is 186 Å². The average molecular weight is 426 g/mol. The molecule has 2 aromatic carbocycles. The number of amides is 1.